The first kappa shape index (κ1) is 10.2. The van der Waals surface area contributed by atoms with Crippen LogP contribution in [-0.4, -0.2) is 15.9 Å². The van der Waals surface area contributed by atoms with Gasteiger partial charge in [0.15, 0.2) is 0 Å². The van der Waals surface area contributed by atoms with Crippen LogP contribution in [0, 0.1) is 0 Å². The molecular weight excluding hydrogens is 159 g/mol. The molecule has 0 radical (unpaired) electrons. The molecule has 0 aliphatic rings. The maximum Gasteiger partial charge on any atom is 1.00 e. The summed E-state index contributed by atoms with van der Waals surface area (Å²) in [6.07, 6.45) is 2.50. The Kier molecular flexibility index (Phi) is 5.01. The number of nitrogens with zero attached hydrogens (tertiary/aromatic N) is 2. The van der Waals surface area contributed by atoms with E-state index in [4.69, 9.17) is 0 Å². The van der Waals surface area contributed by atoms with Crippen molar-refractivity contribution in [2.45, 2.75) is 0 Å². The molecule has 0 amide bonds. The van der Waals surface area contributed by atoms with E-state index in [0.717, 1.165) is 6.33 Å². The zero-order valence-corrected chi connectivity index (χ0v) is 8.57. The smallest absolute Gasteiger partial charge is 0.543 e. The second-order valence-corrected chi connectivity index (χ2v) is 1.38. The Balaban J connectivity index is 0.000000810. The molecule has 0 aromatic carbocycles. The number of carbonyl (C=O) groups is 1. The topological polar surface area (TPSA) is 65.9 Å². The maximum atomic E-state index is 10.00. The van der Waals surface area contributed by atoms with Crippen molar-refractivity contribution < 1.29 is 61.3 Å². The van der Waals surface area contributed by atoms with Gasteiger partial charge in [0.05, 0.1) is 11.7 Å². The predicted molar refractivity (Wildman–Crippen MR) is 26.4 cm³/mol. The van der Waals surface area contributed by atoms with Crippen LogP contribution in [0.5, 0.6) is 0 Å². The zero-order valence-electron chi connectivity index (χ0n) is 5.44. The molecule has 0 saturated carbocycles. The number of aromatic carboxylic acids is 1. The van der Waals surface area contributed by atoms with Gasteiger partial charge in [-0.25, -0.2) is 9.97 Å². The van der Waals surface area contributed by atoms with Crippen molar-refractivity contribution in [2.24, 2.45) is 0 Å². The van der Waals surface area contributed by atoms with Crippen molar-refractivity contribution >= 4 is 5.97 Å². The van der Waals surface area contributed by atoms with Gasteiger partial charge in [-0.1, -0.05) is 0 Å². The molecule has 0 aliphatic heterocycles. The third kappa shape index (κ3) is 2.85. The number of carbonyl (C=O) groups excluding carboxylic acids is 1. The molecule has 0 spiro atoms. The summed E-state index contributed by atoms with van der Waals surface area (Å²) in [5.41, 5.74) is -0.0926. The monoisotopic (exact) mass is 162 g/mol. The summed E-state index contributed by atoms with van der Waals surface area (Å²) in [6.45, 7) is 0. The third-order valence-corrected chi connectivity index (χ3v) is 0.791. The van der Waals surface area contributed by atoms with Crippen molar-refractivity contribution in [3.63, 3.8) is 0 Å². The van der Waals surface area contributed by atoms with Gasteiger partial charge in [-0.05, 0) is 6.07 Å². The fraction of sp³-hybridized carbons (Fsp3) is 0. The van der Waals surface area contributed by atoms with Gasteiger partial charge in [0.25, 0.3) is 0 Å². The van der Waals surface area contributed by atoms with E-state index in [1.54, 1.807) is 0 Å². The van der Waals surface area contributed by atoms with Crippen LogP contribution >= 0.6 is 0 Å². The van der Waals surface area contributed by atoms with E-state index in [1.165, 1.54) is 12.3 Å². The summed E-state index contributed by atoms with van der Waals surface area (Å²) in [7, 11) is 0. The van der Waals surface area contributed by atoms with Crippen LogP contribution in [0.1, 0.15) is 10.5 Å². The summed E-state index contributed by atoms with van der Waals surface area (Å²) in [5, 5.41) is 10.00. The largest absolute Gasteiger partial charge is 1.00 e. The molecule has 0 N–H and O–H groups in total. The molecular formula is C5H3KN2O2. The number of hydrogen-bond acceptors (Lipinski definition) is 4. The molecule has 46 valence electrons. The van der Waals surface area contributed by atoms with Crippen molar-refractivity contribution in [3.05, 3.63) is 24.3 Å². The second kappa shape index (κ2) is 4.92. The second-order valence-electron chi connectivity index (χ2n) is 1.38. The Bertz CT molecular complexity index is 214. The molecule has 1 aromatic rings. The molecule has 4 nitrogen and oxygen atoms in total. The van der Waals surface area contributed by atoms with Crippen molar-refractivity contribution in [1.82, 2.24) is 9.97 Å². The first-order chi connectivity index (χ1) is 4.30. The normalized spacial score (nSPS) is 8.00. The third-order valence-electron chi connectivity index (χ3n) is 0.791. The average molecular weight is 162 g/mol. The van der Waals surface area contributed by atoms with Crippen LogP contribution in [0.25, 0.3) is 0 Å². The average Bonchev–Trinajstić information content (AvgIpc) is 1.90. The standard InChI is InChI=1S/C5H4N2O2.K/c8-5(9)4-1-2-6-3-7-4;/h1-3H,(H,8,9);/q;+1/p-1. The van der Waals surface area contributed by atoms with Gasteiger partial charge in [0.2, 0.25) is 0 Å². The SMILES string of the molecule is O=C([O-])c1ccncn1.[K+]. The molecule has 0 atom stereocenters. The van der Waals surface area contributed by atoms with Gasteiger partial charge >= 0.3 is 51.4 Å². The van der Waals surface area contributed by atoms with Crippen molar-refractivity contribution in [1.29, 1.82) is 0 Å². The first-order valence-corrected chi connectivity index (χ1v) is 2.28. The van der Waals surface area contributed by atoms with Gasteiger partial charge in [-0.2, -0.15) is 0 Å². The van der Waals surface area contributed by atoms with E-state index in [9.17, 15) is 9.90 Å². The van der Waals surface area contributed by atoms with E-state index in [1.807, 2.05) is 0 Å². The number of carboxylic acids is 1. The summed E-state index contributed by atoms with van der Waals surface area (Å²) < 4.78 is 0. The van der Waals surface area contributed by atoms with E-state index >= 15 is 0 Å². The van der Waals surface area contributed by atoms with Gasteiger partial charge < -0.3 is 9.90 Å². The van der Waals surface area contributed by atoms with Crippen molar-refractivity contribution in [3.8, 4) is 0 Å². The van der Waals surface area contributed by atoms with Crippen LogP contribution in [0.4, 0.5) is 0 Å². The number of hydrogen-bond donors (Lipinski definition) is 0. The molecule has 1 heterocycles. The van der Waals surface area contributed by atoms with E-state index in [2.05, 4.69) is 9.97 Å². The summed E-state index contributed by atoms with van der Waals surface area (Å²) >= 11 is 0. The fourth-order valence-electron chi connectivity index (χ4n) is 0.411. The van der Waals surface area contributed by atoms with E-state index in [0.29, 0.717) is 0 Å². The molecule has 0 saturated heterocycles. The van der Waals surface area contributed by atoms with Crippen LogP contribution in [0.2, 0.25) is 0 Å². The molecule has 0 aliphatic carbocycles. The Labute approximate surface area is 100 Å². The minimum atomic E-state index is -1.28. The Morgan fingerprint density at radius 2 is 2.30 bits per heavy atom. The number of carboxylic acid groups (broad SMARTS) is 1. The molecule has 1 aromatic heterocycles. The minimum absolute atomic E-state index is 0. The maximum absolute atomic E-state index is 10.00. The minimum Gasteiger partial charge on any atom is -0.543 e. The first-order valence-electron chi connectivity index (χ1n) is 2.28. The van der Waals surface area contributed by atoms with Crippen LogP contribution < -0.4 is 56.5 Å². The van der Waals surface area contributed by atoms with Crippen LogP contribution in [0.3, 0.4) is 0 Å². The Hall–Kier alpha value is 0.186. The number of aromatic nitrogens is 2. The Morgan fingerprint density at radius 1 is 1.60 bits per heavy atom. The number of rotatable bonds is 1. The van der Waals surface area contributed by atoms with Gasteiger partial charge in [-0.3, -0.25) is 0 Å². The van der Waals surface area contributed by atoms with Gasteiger partial charge in [0, 0.05) is 6.20 Å². The van der Waals surface area contributed by atoms with E-state index in [-0.39, 0.29) is 57.1 Å². The summed E-state index contributed by atoms with van der Waals surface area (Å²) in [6, 6.07) is 1.27. The fourth-order valence-corrected chi connectivity index (χ4v) is 0.411. The summed E-state index contributed by atoms with van der Waals surface area (Å²) in [4.78, 5) is 16.9. The molecule has 1 rings (SSSR count). The summed E-state index contributed by atoms with van der Waals surface area (Å²) in [5.74, 6) is -1.28. The van der Waals surface area contributed by atoms with Crippen molar-refractivity contribution in [2.75, 3.05) is 0 Å². The predicted octanol–water partition coefficient (Wildman–Crippen LogP) is -4.16. The zero-order chi connectivity index (χ0) is 6.69. The molecule has 5 heteroatoms. The molecule has 0 bridgehead atoms. The molecule has 10 heavy (non-hydrogen) atoms. The molecule has 0 fully saturated rings. The van der Waals surface area contributed by atoms with Gasteiger partial charge in [0.1, 0.15) is 6.33 Å². The molecule has 0 unspecified atom stereocenters. The quantitative estimate of drug-likeness (QED) is 0.393. The van der Waals surface area contributed by atoms with Crippen LogP contribution in [-0.2, 0) is 0 Å². The van der Waals surface area contributed by atoms with Gasteiger partial charge in [-0.15, -0.1) is 0 Å². The Morgan fingerprint density at radius 3 is 2.60 bits per heavy atom. The van der Waals surface area contributed by atoms with E-state index < -0.39 is 5.97 Å². The van der Waals surface area contributed by atoms with Crippen LogP contribution in [0.15, 0.2) is 18.6 Å².